The number of rotatable bonds is 16. The quantitative estimate of drug-likeness (QED) is 0.0688. The second kappa shape index (κ2) is 17.6. The fraction of sp³-hybridized carbons (Fsp3) is 0.333. The predicted octanol–water partition coefficient (Wildman–Crippen LogP) is 7.60. The van der Waals surface area contributed by atoms with Crippen molar-refractivity contribution in [2.45, 2.75) is 54.5 Å². The van der Waals surface area contributed by atoms with Crippen molar-refractivity contribution in [2.75, 3.05) is 27.9 Å². The second-order valence-electron chi connectivity index (χ2n) is 10.8. The van der Waals surface area contributed by atoms with Crippen LogP contribution < -0.4 is 14.2 Å². The van der Waals surface area contributed by atoms with Gasteiger partial charge >= 0.3 is 0 Å². The Morgan fingerprint density at radius 1 is 0.660 bits per heavy atom. The largest absolute Gasteiger partial charge is 0.497 e. The van der Waals surface area contributed by atoms with Gasteiger partial charge in [0.05, 0.1) is 53.9 Å². The van der Waals surface area contributed by atoms with Crippen molar-refractivity contribution >= 4 is 11.8 Å². The minimum atomic E-state index is -0.706. The van der Waals surface area contributed by atoms with Crippen LogP contribution in [0.25, 0.3) is 10.4 Å². The summed E-state index contributed by atoms with van der Waals surface area (Å²) >= 11 is 1.48. The lowest BCUT2D eigenvalue weighted by atomic mass is 9.97. The van der Waals surface area contributed by atoms with Crippen molar-refractivity contribution in [2.24, 2.45) is 5.11 Å². The van der Waals surface area contributed by atoms with E-state index in [1.807, 2.05) is 103 Å². The zero-order valence-corrected chi connectivity index (χ0v) is 27.5. The molecule has 0 bridgehead atoms. The molecule has 0 aliphatic carbocycles. The smallest absolute Gasteiger partial charge is 0.119 e. The normalized spacial score (nSPS) is 20.6. The molecule has 5 atom stereocenters. The van der Waals surface area contributed by atoms with Crippen LogP contribution >= 0.6 is 11.8 Å². The van der Waals surface area contributed by atoms with E-state index in [1.54, 1.807) is 21.3 Å². The molecule has 47 heavy (non-hydrogen) atoms. The lowest BCUT2D eigenvalue weighted by molar-refractivity contribution is -0.211. The average molecular weight is 658 g/mol. The Bertz CT molecular complexity index is 1550. The van der Waals surface area contributed by atoms with Crippen LogP contribution in [0.5, 0.6) is 17.2 Å². The number of azide groups is 1. The lowest BCUT2D eigenvalue weighted by Gasteiger charge is -2.44. The topological polar surface area (TPSA) is 113 Å². The van der Waals surface area contributed by atoms with Crippen LogP contribution in [0, 0.1) is 0 Å². The molecule has 0 radical (unpaired) electrons. The molecular formula is C36H39N3O7S. The van der Waals surface area contributed by atoms with Gasteiger partial charge in [-0.15, -0.1) is 0 Å². The zero-order chi connectivity index (χ0) is 32.8. The Morgan fingerprint density at radius 2 is 1.15 bits per heavy atom. The molecule has 0 spiro atoms. The minimum Gasteiger partial charge on any atom is -0.497 e. The summed E-state index contributed by atoms with van der Waals surface area (Å²) in [6, 6.07) is 32.2. The molecule has 246 valence electrons. The highest BCUT2D eigenvalue weighted by Gasteiger charge is 2.47. The molecule has 10 nitrogen and oxygen atoms in total. The fourth-order valence-electron chi connectivity index (χ4n) is 5.17. The summed E-state index contributed by atoms with van der Waals surface area (Å²) in [6.07, 6.45) is -1.83. The first-order valence-corrected chi connectivity index (χ1v) is 16.1. The van der Waals surface area contributed by atoms with Crippen molar-refractivity contribution in [1.82, 2.24) is 0 Å². The van der Waals surface area contributed by atoms with E-state index in [2.05, 4.69) is 10.0 Å². The van der Waals surface area contributed by atoms with E-state index in [1.165, 1.54) is 11.8 Å². The Kier molecular flexibility index (Phi) is 12.8. The molecule has 1 saturated heterocycles. The summed E-state index contributed by atoms with van der Waals surface area (Å²) in [5.74, 6) is 2.28. The highest BCUT2D eigenvalue weighted by atomic mass is 32.2. The van der Waals surface area contributed by atoms with Crippen LogP contribution in [0.15, 0.2) is 113 Å². The maximum atomic E-state index is 9.72. The van der Waals surface area contributed by atoms with Gasteiger partial charge in [-0.25, -0.2) is 0 Å². The Hall–Kier alpha value is -4.22. The van der Waals surface area contributed by atoms with Crippen molar-refractivity contribution in [3.8, 4) is 17.2 Å². The van der Waals surface area contributed by atoms with Gasteiger partial charge in [0.25, 0.3) is 0 Å². The van der Waals surface area contributed by atoms with Gasteiger partial charge in [0.15, 0.2) is 0 Å². The first kappa shape index (κ1) is 34.1. The Morgan fingerprint density at radius 3 is 1.64 bits per heavy atom. The van der Waals surface area contributed by atoms with Crippen molar-refractivity contribution in [1.29, 1.82) is 0 Å². The molecule has 0 unspecified atom stereocenters. The van der Waals surface area contributed by atoms with Crippen LogP contribution in [0.1, 0.15) is 16.7 Å². The highest BCUT2D eigenvalue weighted by molar-refractivity contribution is 7.99. The number of nitrogens with zero attached hydrogens (tertiary/aromatic N) is 3. The molecule has 0 saturated carbocycles. The van der Waals surface area contributed by atoms with Gasteiger partial charge in [-0.05, 0) is 70.8 Å². The van der Waals surface area contributed by atoms with Gasteiger partial charge < -0.3 is 33.2 Å². The SMILES string of the molecule is COc1ccc(COC[C@H]2O[C@@H](Sc3ccccc3)[C@H](N=[N+]=[N-])[C@@H](OCc3ccc(OC)cc3)[C@@H]2OCc2ccc(OC)cc2)cc1. The maximum Gasteiger partial charge on any atom is 0.119 e. The third-order valence-electron chi connectivity index (χ3n) is 7.71. The molecule has 1 aliphatic rings. The number of benzene rings is 4. The fourth-order valence-corrected chi connectivity index (χ4v) is 6.30. The van der Waals surface area contributed by atoms with Crippen LogP contribution in [0.3, 0.4) is 0 Å². The summed E-state index contributed by atoms with van der Waals surface area (Å²) in [5, 5.41) is 4.23. The second-order valence-corrected chi connectivity index (χ2v) is 12.0. The van der Waals surface area contributed by atoms with Crippen molar-refractivity contribution in [3.63, 3.8) is 0 Å². The third kappa shape index (κ3) is 9.65. The summed E-state index contributed by atoms with van der Waals surface area (Å²) in [5.41, 5.74) is 12.0. The first-order chi connectivity index (χ1) is 23.1. The van der Waals surface area contributed by atoms with Crippen LogP contribution in [0.4, 0.5) is 0 Å². The number of thioether (sulfide) groups is 1. The molecule has 0 amide bonds. The van der Waals surface area contributed by atoms with E-state index in [0.717, 1.165) is 38.8 Å². The number of ether oxygens (including phenoxy) is 7. The molecule has 4 aromatic rings. The summed E-state index contributed by atoms with van der Waals surface area (Å²) in [7, 11) is 4.90. The summed E-state index contributed by atoms with van der Waals surface area (Å²) in [4.78, 5) is 4.19. The van der Waals surface area contributed by atoms with Crippen LogP contribution in [-0.2, 0) is 38.8 Å². The molecule has 1 aliphatic heterocycles. The molecule has 0 aromatic heterocycles. The van der Waals surface area contributed by atoms with Gasteiger partial charge in [0.2, 0.25) is 0 Å². The average Bonchev–Trinajstić information content (AvgIpc) is 3.12. The molecule has 5 rings (SSSR count). The zero-order valence-electron chi connectivity index (χ0n) is 26.6. The van der Waals surface area contributed by atoms with E-state index in [4.69, 9.17) is 33.2 Å². The van der Waals surface area contributed by atoms with Gasteiger partial charge in [-0.1, -0.05) is 71.5 Å². The predicted molar refractivity (Wildman–Crippen MR) is 180 cm³/mol. The van der Waals surface area contributed by atoms with E-state index >= 15 is 0 Å². The van der Waals surface area contributed by atoms with Crippen LogP contribution in [0.2, 0.25) is 0 Å². The monoisotopic (exact) mass is 657 g/mol. The van der Waals surface area contributed by atoms with E-state index in [9.17, 15) is 5.53 Å². The van der Waals surface area contributed by atoms with Crippen LogP contribution in [-0.4, -0.2) is 57.7 Å². The Balaban J connectivity index is 1.42. The molecule has 1 fully saturated rings. The molecule has 0 N–H and O–H groups in total. The van der Waals surface area contributed by atoms with E-state index in [-0.39, 0.29) is 19.8 Å². The minimum absolute atomic E-state index is 0.219. The van der Waals surface area contributed by atoms with Gasteiger partial charge in [-0.3, -0.25) is 0 Å². The van der Waals surface area contributed by atoms with E-state index in [0.29, 0.717) is 6.61 Å². The molecule has 4 aromatic carbocycles. The van der Waals surface area contributed by atoms with Gasteiger partial charge in [-0.2, -0.15) is 0 Å². The van der Waals surface area contributed by atoms with Crippen molar-refractivity contribution in [3.05, 3.63) is 130 Å². The number of hydrogen-bond donors (Lipinski definition) is 0. The standard InChI is InChI=1S/C36H39N3O7S/c1-40-28-15-9-25(10-16-28)21-43-24-32-34(44-22-26-11-17-29(41-2)18-12-26)35(45-23-27-13-19-30(42-3)20-14-27)33(38-39-37)36(46-32)47-31-7-5-4-6-8-31/h4-20,32-36H,21-24H2,1-3H3/t32-,33-,34-,35-,36+/m1/s1. The summed E-state index contributed by atoms with van der Waals surface area (Å²) in [6.45, 7) is 1.12. The Labute approximate surface area is 279 Å². The molecule has 1 heterocycles. The van der Waals surface area contributed by atoms with Gasteiger partial charge in [0.1, 0.15) is 40.9 Å². The first-order valence-electron chi connectivity index (χ1n) is 15.2. The van der Waals surface area contributed by atoms with E-state index < -0.39 is 29.8 Å². The molecule has 11 heteroatoms. The number of hydrogen-bond acceptors (Lipinski definition) is 9. The highest BCUT2D eigenvalue weighted by Crippen LogP contribution is 2.38. The molecular weight excluding hydrogens is 618 g/mol. The third-order valence-corrected chi connectivity index (χ3v) is 8.87. The lowest BCUT2D eigenvalue weighted by Crippen LogP contribution is -2.58. The van der Waals surface area contributed by atoms with Crippen molar-refractivity contribution < 1.29 is 33.2 Å². The summed E-state index contributed by atoms with van der Waals surface area (Å²) < 4.78 is 42.1. The number of methoxy groups -OCH3 is 3. The van der Waals surface area contributed by atoms with Gasteiger partial charge in [0, 0.05) is 9.81 Å². The maximum absolute atomic E-state index is 9.72.